The lowest BCUT2D eigenvalue weighted by atomic mass is 10.2. The quantitative estimate of drug-likeness (QED) is 0.660. The molecular weight excluding hydrogens is 180 g/mol. The van der Waals surface area contributed by atoms with Gasteiger partial charge in [-0.25, -0.2) is 0 Å². The summed E-state index contributed by atoms with van der Waals surface area (Å²) in [5.74, 6) is 2.77. The zero-order chi connectivity index (χ0) is 9.10. The van der Waals surface area contributed by atoms with Crippen LogP contribution in [-0.2, 0) is 0 Å². The fraction of sp³-hybridized carbons (Fsp3) is 1.00. The Morgan fingerprint density at radius 1 is 1.23 bits per heavy atom. The van der Waals surface area contributed by atoms with E-state index >= 15 is 0 Å². The molecule has 3 heteroatoms. The third-order valence-electron chi connectivity index (χ3n) is 3.28. The molecule has 0 unspecified atom stereocenters. The van der Waals surface area contributed by atoms with Crippen LogP contribution < -0.4 is 0 Å². The van der Waals surface area contributed by atoms with Crippen LogP contribution in [0.4, 0.5) is 0 Å². The summed E-state index contributed by atoms with van der Waals surface area (Å²) in [4.78, 5) is 5.25. The molecule has 0 N–H and O–H groups in total. The normalized spacial score (nSPS) is 32.5. The van der Waals surface area contributed by atoms with Crippen molar-refractivity contribution in [3.05, 3.63) is 0 Å². The zero-order valence-electron chi connectivity index (χ0n) is 8.54. The average Bonchev–Trinajstić information content (AvgIpc) is 2.71. The topological polar surface area (TPSA) is 6.48 Å². The number of thioether (sulfide) groups is 1. The number of hydrogen-bond acceptors (Lipinski definition) is 3. The van der Waals surface area contributed by atoms with Gasteiger partial charge in [-0.3, -0.25) is 4.90 Å². The fourth-order valence-electron chi connectivity index (χ4n) is 2.25. The van der Waals surface area contributed by atoms with Gasteiger partial charge >= 0.3 is 0 Å². The Kier molecular flexibility index (Phi) is 3.52. The van der Waals surface area contributed by atoms with Crippen molar-refractivity contribution in [3.8, 4) is 0 Å². The Balaban J connectivity index is 1.77. The molecule has 0 amide bonds. The fourth-order valence-corrected chi connectivity index (χ4v) is 3.51. The summed E-state index contributed by atoms with van der Waals surface area (Å²) in [6.45, 7) is 8.68. The van der Waals surface area contributed by atoms with E-state index in [0.717, 1.165) is 6.04 Å². The summed E-state index contributed by atoms with van der Waals surface area (Å²) >= 11 is 2.13. The minimum atomic E-state index is 0.906. The number of rotatable bonds is 2. The molecule has 2 saturated heterocycles. The molecule has 0 aromatic rings. The molecule has 2 nitrogen and oxygen atoms in total. The predicted octanol–water partition coefficient (Wildman–Crippen LogP) is 1.13. The molecule has 13 heavy (non-hydrogen) atoms. The molecule has 2 fully saturated rings. The van der Waals surface area contributed by atoms with Gasteiger partial charge in [-0.1, -0.05) is 6.92 Å². The Morgan fingerprint density at radius 3 is 2.54 bits per heavy atom. The van der Waals surface area contributed by atoms with Crippen LogP contribution in [0, 0.1) is 0 Å². The highest BCUT2D eigenvalue weighted by atomic mass is 32.2. The molecular formula is C10H20N2S. The monoisotopic (exact) mass is 200 g/mol. The first-order valence-electron chi connectivity index (χ1n) is 5.44. The van der Waals surface area contributed by atoms with Crippen molar-refractivity contribution in [1.29, 1.82) is 0 Å². The molecule has 2 rings (SSSR count). The zero-order valence-corrected chi connectivity index (χ0v) is 9.35. The van der Waals surface area contributed by atoms with Crippen LogP contribution >= 0.6 is 11.8 Å². The van der Waals surface area contributed by atoms with E-state index in [-0.39, 0.29) is 0 Å². The largest absolute Gasteiger partial charge is 0.301 e. The lowest BCUT2D eigenvalue weighted by Crippen LogP contribution is -2.50. The molecule has 2 heterocycles. The molecule has 0 aliphatic carbocycles. The van der Waals surface area contributed by atoms with E-state index in [1.54, 1.807) is 0 Å². The van der Waals surface area contributed by atoms with Crippen LogP contribution in [0.3, 0.4) is 0 Å². The molecule has 0 spiro atoms. The van der Waals surface area contributed by atoms with Gasteiger partial charge in [0.05, 0.1) is 0 Å². The second-order valence-corrected chi connectivity index (χ2v) is 5.14. The first-order chi connectivity index (χ1) is 6.40. The van der Waals surface area contributed by atoms with Crippen molar-refractivity contribution in [3.63, 3.8) is 0 Å². The lowest BCUT2D eigenvalue weighted by Gasteiger charge is -2.37. The highest BCUT2D eigenvalue weighted by Gasteiger charge is 2.25. The predicted molar refractivity (Wildman–Crippen MR) is 59.4 cm³/mol. The van der Waals surface area contributed by atoms with E-state index in [4.69, 9.17) is 0 Å². The van der Waals surface area contributed by atoms with Crippen LogP contribution in [-0.4, -0.2) is 60.1 Å². The van der Waals surface area contributed by atoms with Crippen molar-refractivity contribution in [2.24, 2.45) is 0 Å². The highest BCUT2D eigenvalue weighted by Crippen LogP contribution is 2.22. The van der Waals surface area contributed by atoms with Gasteiger partial charge in [0.2, 0.25) is 0 Å². The van der Waals surface area contributed by atoms with Crippen molar-refractivity contribution in [1.82, 2.24) is 9.80 Å². The summed E-state index contributed by atoms with van der Waals surface area (Å²) < 4.78 is 0. The van der Waals surface area contributed by atoms with Gasteiger partial charge in [0.15, 0.2) is 0 Å². The van der Waals surface area contributed by atoms with Crippen LogP contribution in [0.5, 0.6) is 0 Å². The average molecular weight is 200 g/mol. The van der Waals surface area contributed by atoms with E-state index in [0.29, 0.717) is 0 Å². The first-order valence-corrected chi connectivity index (χ1v) is 6.59. The van der Waals surface area contributed by atoms with E-state index < -0.39 is 0 Å². The molecule has 1 atom stereocenters. The van der Waals surface area contributed by atoms with Gasteiger partial charge in [0, 0.05) is 38.0 Å². The van der Waals surface area contributed by atoms with Crippen LogP contribution in [0.1, 0.15) is 13.3 Å². The maximum Gasteiger partial charge on any atom is 0.0195 e. The van der Waals surface area contributed by atoms with Crippen LogP contribution in [0.2, 0.25) is 0 Å². The minimum absolute atomic E-state index is 0.906. The second kappa shape index (κ2) is 4.67. The molecule has 0 bridgehead atoms. The molecule has 0 radical (unpaired) electrons. The summed E-state index contributed by atoms with van der Waals surface area (Å²) in [5.41, 5.74) is 0. The first kappa shape index (κ1) is 9.81. The number of hydrogen-bond donors (Lipinski definition) is 0. The summed E-state index contributed by atoms with van der Waals surface area (Å²) in [5, 5.41) is 0. The van der Waals surface area contributed by atoms with E-state index in [1.807, 2.05) is 0 Å². The van der Waals surface area contributed by atoms with Gasteiger partial charge < -0.3 is 4.90 Å². The van der Waals surface area contributed by atoms with Gasteiger partial charge in [-0.15, -0.1) is 0 Å². The molecule has 76 valence electrons. The number of nitrogens with zero attached hydrogens (tertiary/aromatic N) is 2. The smallest absolute Gasteiger partial charge is 0.0195 e. The van der Waals surface area contributed by atoms with Gasteiger partial charge in [0.1, 0.15) is 0 Å². The molecule has 0 aromatic heterocycles. The molecule has 0 aromatic carbocycles. The highest BCUT2D eigenvalue weighted by molar-refractivity contribution is 7.99. The Morgan fingerprint density at radius 2 is 2.00 bits per heavy atom. The number of piperazine rings is 1. The lowest BCUT2D eigenvalue weighted by molar-refractivity contribution is 0.108. The van der Waals surface area contributed by atoms with Gasteiger partial charge in [-0.05, 0) is 18.7 Å². The second-order valence-electron chi connectivity index (χ2n) is 3.99. The van der Waals surface area contributed by atoms with Gasteiger partial charge in [0.25, 0.3) is 0 Å². The Labute approximate surface area is 85.7 Å². The third-order valence-corrected chi connectivity index (χ3v) is 4.42. The minimum Gasteiger partial charge on any atom is -0.301 e. The van der Waals surface area contributed by atoms with Gasteiger partial charge in [-0.2, -0.15) is 11.8 Å². The SMILES string of the molecule is CCN1CCN([C@H]2CCSC2)CC1. The third kappa shape index (κ3) is 2.39. The molecule has 2 aliphatic rings. The maximum atomic E-state index is 2.70. The van der Waals surface area contributed by atoms with E-state index in [1.165, 1.54) is 50.7 Å². The molecule has 0 saturated carbocycles. The Hall–Kier alpha value is 0.270. The maximum absolute atomic E-state index is 2.70. The van der Waals surface area contributed by atoms with Crippen molar-refractivity contribution in [2.45, 2.75) is 19.4 Å². The summed E-state index contributed by atoms with van der Waals surface area (Å²) in [6.07, 6.45) is 1.43. The summed E-state index contributed by atoms with van der Waals surface area (Å²) in [6, 6.07) is 0.906. The van der Waals surface area contributed by atoms with E-state index in [9.17, 15) is 0 Å². The summed E-state index contributed by atoms with van der Waals surface area (Å²) in [7, 11) is 0. The van der Waals surface area contributed by atoms with Crippen molar-refractivity contribution < 1.29 is 0 Å². The van der Waals surface area contributed by atoms with E-state index in [2.05, 4.69) is 28.5 Å². The van der Waals surface area contributed by atoms with Crippen molar-refractivity contribution in [2.75, 3.05) is 44.2 Å². The Bertz CT molecular complexity index is 149. The molecule has 2 aliphatic heterocycles. The standard InChI is InChI=1S/C10H20N2S/c1-2-11-4-6-12(7-5-11)10-3-8-13-9-10/h10H,2-9H2,1H3/t10-/m0/s1. The van der Waals surface area contributed by atoms with Crippen LogP contribution in [0.15, 0.2) is 0 Å². The number of likely N-dealkylation sites (N-methyl/N-ethyl adjacent to an activating group) is 1. The van der Waals surface area contributed by atoms with Crippen LogP contribution in [0.25, 0.3) is 0 Å². The van der Waals surface area contributed by atoms with Crippen molar-refractivity contribution >= 4 is 11.8 Å².